The van der Waals surface area contributed by atoms with Crippen LogP contribution < -0.4 is 10.1 Å². The third kappa shape index (κ3) is 3.99. The lowest BCUT2D eigenvalue weighted by Crippen LogP contribution is -2.18. The fourth-order valence-electron chi connectivity index (χ4n) is 2.63. The number of carboxylic acids is 1. The predicted octanol–water partition coefficient (Wildman–Crippen LogP) is 5.55. The van der Waals surface area contributed by atoms with Crippen LogP contribution in [0.1, 0.15) is 20.7 Å². The van der Waals surface area contributed by atoms with Crippen molar-refractivity contribution in [3.05, 3.63) is 68.8 Å². The maximum absolute atomic E-state index is 14.2. The zero-order valence-electron chi connectivity index (χ0n) is 14.6. The van der Waals surface area contributed by atoms with E-state index in [2.05, 4.69) is 26.0 Å². The summed E-state index contributed by atoms with van der Waals surface area (Å²) in [5.74, 6) is -7.99. The van der Waals surface area contributed by atoms with Crippen molar-refractivity contribution in [2.24, 2.45) is 0 Å². The molecule has 0 atom stereocenters. The number of thiophene rings is 1. The number of halogens is 4. The molecule has 0 aliphatic carbocycles. The number of carboxylic acid groups (broad SMARTS) is 1. The standard InChI is InChI=1S/C19H11BrF3NO4S/c1-28-12-6-11(21)14(16(23)15(12)22)17(25)24-18-13(19(26)27)10(7-29-18)8-3-2-4-9(20)5-8/h2-7H,1H3,(H,24,25)(H,26,27). The Morgan fingerprint density at radius 1 is 1.14 bits per heavy atom. The number of benzene rings is 2. The van der Waals surface area contributed by atoms with Crippen LogP contribution in [0.4, 0.5) is 18.2 Å². The fraction of sp³-hybridized carbons (Fsp3) is 0.0526. The molecule has 1 amide bonds. The summed E-state index contributed by atoms with van der Waals surface area (Å²) in [6, 6.07) is 7.34. The fourth-order valence-corrected chi connectivity index (χ4v) is 3.98. The summed E-state index contributed by atoms with van der Waals surface area (Å²) in [5.41, 5.74) is -0.573. The summed E-state index contributed by atoms with van der Waals surface area (Å²) in [6.07, 6.45) is 0. The first-order valence-corrected chi connectivity index (χ1v) is 9.55. The molecule has 3 aromatic rings. The summed E-state index contributed by atoms with van der Waals surface area (Å²) >= 11 is 4.15. The van der Waals surface area contributed by atoms with Gasteiger partial charge in [0, 0.05) is 21.5 Å². The van der Waals surface area contributed by atoms with E-state index < -0.39 is 40.6 Å². The quantitative estimate of drug-likeness (QED) is 0.464. The van der Waals surface area contributed by atoms with Crippen LogP contribution in [0, 0.1) is 17.5 Å². The number of rotatable bonds is 5. The number of anilines is 1. The topological polar surface area (TPSA) is 75.6 Å². The zero-order chi connectivity index (χ0) is 21.3. The maximum atomic E-state index is 14.2. The summed E-state index contributed by atoms with van der Waals surface area (Å²) in [6.45, 7) is 0. The minimum atomic E-state index is -1.74. The molecule has 0 spiro atoms. The van der Waals surface area contributed by atoms with Crippen LogP contribution in [-0.2, 0) is 0 Å². The van der Waals surface area contributed by atoms with Gasteiger partial charge in [0.2, 0.25) is 5.82 Å². The third-order valence-electron chi connectivity index (χ3n) is 3.94. The van der Waals surface area contributed by atoms with Crippen LogP contribution in [0.25, 0.3) is 11.1 Å². The van der Waals surface area contributed by atoms with Gasteiger partial charge in [-0.15, -0.1) is 11.3 Å². The van der Waals surface area contributed by atoms with Gasteiger partial charge in [-0.3, -0.25) is 4.79 Å². The van der Waals surface area contributed by atoms with Gasteiger partial charge in [-0.05, 0) is 17.7 Å². The molecule has 5 nitrogen and oxygen atoms in total. The molecule has 10 heteroatoms. The molecule has 2 aromatic carbocycles. The molecule has 0 unspecified atom stereocenters. The zero-order valence-corrected chi connectivity index (χ0v) is 17.0. The van der Waals surface area contributed by atoms with E-state index in [9.17, 15) is 27.9 Å². The second kappa shape index (κ2) is 8.26. The number of carbonyl (C=O) groups excluding carboxylic acids is 1. The highest BCUT2D eigenvalue weighted by Gasteiger charge is 2.27. The molecule has 0 radical (unpaired) electrons. The Hall–Kier alpha value is -2.85. The van der Waals surface area contributed by atoms with E-state index in [-0.39, 0.29) is 10.6 Å². The van der Waals surface area contributed by atoms with Crippen molar-refractivity contribution in [2.75, 3.05) is 12.4 Å². The van der Waals surface area contributed by atoms with Gasteiger partial charge < -0.3 is 15.2 Å². The molecule has 0 saturated heterocycles. The summed E-state index contributed by atoms with van der Waals surface area (Å²) < 4.78 is 47.4. The van der Waals surface area contributed by atoms with Crippen LogP contribution in [0.3, 0.4) is 0 Å². The Morgan fingerprint density at radius 2 is 1.86 bits per heavy atom. The first-order chi connectivity index (χ1) is 13.7. The van der Waals surface area contributed by atoms with Gasteiger partial charge in [0.05, 0.1) is 7.11 Å². The van der Waals surface area contributed by atoms with Gasteiger partial charge in [0.25, 0.3) is 5.91 Å². The highest BCUT2D eigenvalue weighted by Crippen LogP contribution is 2.37. The molecule has 0 aliphatic heterocycles. The summed E-state index contributed by atoms with van der Waals surface area (Å²) in [5, 5.41) is 13.1. The number of amides is 1. The molecule has 150 valence electrons. The monoisotopic (exact) mass is 485 g/mol. The average molecular weight is 486 g/mol. The van der Waals surface area contributed by atoms with Gasteiger partial charge in [-0.2, -0.15) is 4.39 Å². The second-order valence-electron chi connectivity index (χ2n) is 5.69. The van der Waals surface area contributed by atoms with Gasteiger partial charge in [-0.1, -0.05) is 28.1 Å². The van der Waals surface area contributed by atoms with Crippen molar-refractivity contribution in [3.8, 4) is 16.9 Å². The number of aromatic carboxylic acids is 1. The summed E-state index contributed by atoms with van der Waals surface area (Å²) in [4.78, 5) is 24.2. The van der Waals surface area contributed by atoms with E-state index in [4.69, 9.17) is 0 Å². The Morgan fingerprint density at radius 3 is 2.48 bits per heavy atom. The Balaban J connectivity index is 2.03. The highest BCUT2D eigenvalue weighted by atomic mass is 79.9. The normalized spacial score (nSPS) is 10.7. The lowest BCUT2D eigenvalue weighted by Gasteiger charge is -2.10. The Kier molecular flexibility index (Phi) is 5.94. The number of carbonyl (C=O) groups is 2. The van der Waals surface area contributed by atoms with Crippen molar-refractivity contribution >= 4 is 44.1 Å². The minimum Gasteiger partial charge on any atom is -0.493 e. The molecule has 1 heterocycles. The second-order valence-corrected chi connectivity index (χ2v) is 7.48. The van der Waals surface area contributed by atoms with Gasteiger partial charge >= 0.3 is 5.97 Å². The molecule has 2 N–H and O–H groups in total. The first-order valence-electron chi connectivity index (χ1n) is 7.88. The third-order valence-corrected chi connectivity index (χ3v) is 5.33. The van der Waals surface area contributed by atoms with E-state index in [0.29, 0.717) is 21.7 Å². The van der Waals surface area contributed by atoms with E-state index in [1.165, 1.54) is 5.38 Å². The molecule has 0 saturated carbocycles. The van der Waals surface area contributed by atoms with Crippen LogP contribution in [0.15, 0.2) is 40.2 Å². The molecule has 1 aromatic heterocycles. The molecular formula is C19H11BrF3NO4S. The van der Waals surface area contributed by atoms with E-state index in [1.807, 2.05) is 0 Å². The van der Waals surface area contributed by atoms with Crippen molar-refractivity contribution in [3.63, 3.8) is 0 Å². The number of nitrogens with one attached hydrogen (secondary N) is 1. The average Bonchev–Trinajstić information content (AvgIpc) is 3.08. The lowest BCUT2D eigenvalue weighted by atomic mass is 10.0. The summed E-state index contributed by atoms with van der Waals surface area (Å²) in [7, 11) is 1.02. The highest BCUT2D eigenvalue weighted by molar-refractivity contribution is 9.10. The largest absolute Gasteiger partial charge is 0.493 e. The van der Waals surface area contributed by atoms with Crippen molar-refractivity contribution < 1.29 is 32.6 Å². The van der Waals surface area contributed by atoms with Gasteiger partial charge in [0.15, 0.2) is 11.6 Å². The van der Waals surface area contributed by atoms with Crippen LogP contribution in [-0.4, -0.2) is 24.1 Å². The molecule has 0 bridgehead atoms. The minimum absolute atomic E-state index is 0.146. The van der Waals surface area contributed by atoms with Crippen molar-refractivity contribution in [1.82, 2.24) is 0 Å². The van der Waals surface area contributed by atoms with Gasteiger partial charge in [0.1, 0.15) is 21.9 Å². The van der Waals surface area contributed by atoms with E-state index in [0.717, 1.165) is 18.4 Å². The molecule has 0 aliphatic rings. The molecular weight excluding hydrogens is 475 g/mol. The van der Waals surface area contributed by atoms with E-state index in [1.54, 1.807) is 24.3 Å². The number of hydrogen-bond acceptors (Lipinski definition) is 4. The van der Waals surface area contributed by atoms with Crippen molar-refractivity contribution in [2.45, 2.75) is 0 Å². The predicted molar refractivity (Wildman–Crippen MR) is 105 cm³/mol. The molecule has 3 rings (SSSR count). The van der Waals surface area contributed by atoms with Crippen LogP contribution in [0.5, 0.6) is 5.75 Å². The maximum Gasteiger partial charge on any atom is 0.339 e. The van der Waals surface area contributed by atoms with Gasteiger partial charge in [-0.25, -0.2) is 13.6 Å². The van der Waals surface area contributed by atoms with Crippen molar-refractivity contribution in [1.29, 1.82) is 0 Å². The number of hydrogen-bond donors (Lipinski definition) is 2. The number of ether oxygens (including phenoxy) is 1. The SMILES string of the molecule is COc1cc(F)c(C(=O)Nc2scc(-c3cccc(Br)c3)c2C(=O)O)c(F)c1F. The Bertz CT molecular complexity index is 1130. The molecule has 0 fully saturated rings. The Labute approximate surface area is 174 Å². The first kappa shape index (κ1) is 20.9. The lowest BCUT2D eigenvalue weighted by molar-refractivity contribution is 0.0699. The van der Waals surface area contributed by atoms with Crippen LogP contribution >= 0.6 is 27.3 Å². The number of methoxy groups -OCH3 is 1. The van der Waals surface area contributed by atoms with E-state index >= 15 is 0 Å². The molecule has 29 heavy (non-hydrogen) atoms. The smallest absolute Gasteiger partial charge is 0.339 e. The van der Waals surface area contributed by atoms with Crippen LogP contribution in [0.2, 0.25) is 0 Å².